The Morgan fingerprint density at radius 1 is 1.03 bits per heavy atom. The third-order valence-corrected chi connectivity index (χ3v) is 8.46. The molecule has 2 heterocycles. The van der Waals surface area contributed by atoms with Crippen LogP contribution in [-0.2, 0) is 43.0 Å². The largest absolute Gasteiger partial charge is 0.507 e. The predicted molar refractivity (Wildman–Crippen MR) is 153 cm³/mol. The van der Waals surface area contributed by atoms with Crippen LogP contribution in [0.2, 0.25) is 0 Å². The fourth-order valence-corrected chi connectivity index (χ4v) is 6.20. The van der Waals surface area contributed by atoms with Crippen LogP contribution in [0.15, 0.2) is 53.7 Å². The summed E-state index contributed by atoms with van der Waals surface area (Å²) in [6.45, 7) is 14.0. The van der Waals surface area contributed by atoms with E-state index >= 15 is 0 Å². The Morgan fingerprint density at radius 2 is 1.62 bits per heavy atom. The Bertz CT molecular complexity index is 1290. The lowest BCUT2D eigenvalue weighted by Gasteiger charge is -2.49. The number of carbonyl (C=O) groups excluding carboxylic acids is 3. The van der Waals surface area contributed by atoms with Gasteiger partial charge in [0.25, 0.3) is 5.91 Å². The minimum Gasteiger partial charge on any atom is -0.507 e. The number of rotatable bonds is 6. The topological polar surface area (TPSA) is 95.9 Å². The summed E-state index contributed by atoms with van der Waals surface area (Å²) in [6, 6.07) is 12.4. The van der Waals surface area contributed by atoms with Crippen LogP contribution in [0, 0.1) is 0 Å². The highest BCUT2D eigenvalue weighted by Gasteiger charge is 2.54. The number of phenols is 1. The van der Waals surface area contributed by atoms with Crippen molar-refractivity contribution in [2.24, 2.45) is 0 Å². The van der Waals surface area contributed by atoms with E-state index in [1.807, 2.05) is 90.9 Å². The molecule has 1 fully saturated rings. The number of ether oxygens (including phenoxy) is 1. The fraction of sp³-hybridized carbons (Fsp3) is 0.452. The Morgan fingerprint density at radius 3 is 2.18 bits per heavy atom. The van der Waals surface area contributed by atoms with Crippen LogP contribution >= 0.6 is 11.8 Å². The molecule has 2 atom stereocenters. The number of hydrogen-bond donors (Lipinski definition) is 2. The molecule has 1 saturated heterocycles. The van der Waals surface area contributed by atoms with Gasteiger partial charge in [-0.05, 0) is 57.7 Å². The first-order valence-corrected chi connectivity index (χ1v) is 14.2. The number of hydrogen-bond acceptors (Lipinski definition) is 6. The van der Waals surface area contributed by atoms with Crippen LogP contribution in [0.1, 0.15) is 70.7 Å². The van der Waals surface area contributed by atoms with E-state index in [1.54, 1.807) is 0 Å². The lowest BCUT2D eigenvalue weighted by molar-refractivity contribution is -0.153. The summed E-state index contributed by atoms with van der Waals surface area (Å²) in [6.07, 6.45) is 0.186. The van der Waals surface area contributed by atoms with Gasteiger partial charge in [0, 0.05) is 5.75 Å². The second-order valence-corrected chi connectivity index (χ2v) is 13.5. The lowest BCUT2D eigenvalue weighted by atomic mass is 9.78. The summed E-state index contributed by atoms with van der Waals surface area (Å²) in [5.41, 5.74) is 3.63. The molecule has 2 aliphatic rings. The van der Waals surface area contributed by atoms with Crippen molar-refractivity contribution in [1.29, 1.82) is 0 Å². The summed E-state index contributed by atoms with van der Waals surface area (Å²) in [5, 5.41) is 13.5. The van der Waals surface area contributed by atoms with Gasteiger partial charge in [0.05, 0.1) is 6.42 Å². The number of nitrogens with zero attached hydrogens (tertiary/aromatic N) is 1. The van der Waals surface area contributed by atoms with Crippen LogP contribution in [0.4, 0.5) is 0 Å². The highest BCUT2D eigenvalue weighted by atomic mass is 32.2. The fourth-order valence-electron chi connectivity index (χ4n) is 4.91. The minimum absolute atomic E-state index is 0.0130. The molecule has 1 unspecified atom stereocenters. The van der Waals surface area contributed by atoms with Crippen molar-refractivity contribution in [3.63, 3.8) is 0 Å². The van der Waals surface area contributed by atoms with E-state index < -0.39 is 12.0 Å². The first-order valence-electron chi connectivity index (χ1n) is 13.2. The van der Waals surface area contributed by atoms with E-state index in [0.29, 0.717) is 5.75 Å². The van der Waals surface area contributed by atoms with Gasteiger partial charge in [-0.1, -0.05) is 71.9 Å². The van der Waals surface area contributed by atoms with Gasteiger partial charge in [0.2, 0.25) is 5.91 Å². The smallest absolute Gasteiger partial charge is 0.355 e. The van der Waals surface area contributed by atoms with E-state index in [4.69, 9.17) is 4.74 Å². The monoisotopic (exact) mass is 550 g/mol. The van der Waals surface area contributed by atoms with Crippen LogP contribution in [0.5, 0.6) is 5.75 Å². The molecule has 7 nitrogen and oxygen atoms in total. The maximum atomic E-state index is 13.3. The average molecular weight is 551 g/mol. The first-order chi connectivity index (χ1) is 18.2. The highest BCUT2D eigenvalue weighted by molar-refractivity contribution is 8.00. The molecule has 0 spiro atoms. The summed E-state index contributed by atoms with van der Waals surface area (Å²) >= 11 is 1.52. The van der Waals surface area contributed by atoms with Gasteiger partial charge in [-0.15, -0.1) is 11.8 Å². The number of phenolic OH excluding ortho intramolecular Hbond substituents is 1. The molecule has 2 aromatic rings. The summed E-state index contributed by atoms with van der Waals surface area (Å²) in [5.74, 6) is -0.280. The molecule has 0 radical (unpaired) electrons. The maximum absolute atomic E-state index is 13.3. The molecule has 0 aromatic heterocycles. The Labute approximate surface area is 235 Å². The summed E-state index contributed by atoms with van der Waals surface area (Å²) < 4.78 is 5.74. The van der Waals surface area contributed by atoms with Crippen molar-refractivity contribution in [2.75, 3.05) is 5.75 Å². The van der Waals surface area contributed by atoms with Gasteiger partial charge in [0.15, 0.2) is 0 Å². The van der Waals surface area contributed by atoms with Crippen molar-refractivity contribution in [3.05, 3.63) is 76.0 Å². The van der Waals surface area contributed by atoms with E-state index in [-0.39, 0.29) is 52.5 Å². The molecule has 8 heteroatoms. The second-order valence-electron chi connectivity index (χ2n) is 12.4. The molecule has 4 rings (SSSR count). The second kappa shape index (κ2) is 10.7. The number of benzene rings is 2. The normalized spacial score (nSPS) is 19.4. The predicted octanol–water partition coefficient (Wildman–Crippen LogP) is 4.95. The molecule has 2 aliphatic heterocycles. The summed E-state index contributed by atoms with van der Waals surface area (Å²) in [7, 11) is 0. The van der Waals surface area contributed by atoms with Gasteiger partial charge >= 0.3 is 5.97 Å². The molecular formula is C31H38N2O5S. The van der Waals surface area contributed by atoms with Crippen molar-refractivity contribution in [3.8, 4) is 5.75 Å². The van der Waals surface area contributed by atoms with Crippen LogP contribution in [-0.4, -0.2) is 45.0 Å². The first kappa shape index (κ1) is 28.7. The van der Waals surface area contributed by atoms with Crippen LogP contribution < -0.4 is 5.32 Å². The SMILES string of the molecule is CC1=C(C(=O)OCc2cc(C(C)(C)C)c(O)c(C(C)(C)C)c2)N2C(=O)C(NC(=O)Cc3ccccc3)[C@@H]2SC1. The Hall–Kier alpha value is -3.26. The van der Waals surface area contributed by atoms with Gasteiger partial charge in [-0.25, -0.2) is 4.79 Å². The van der Waals surface area contributed by atoms with E-state index in [0.717, 1.165) is 27.8 Å². The zero-order valence-electron chi connectivity index (χ0n) is 23.8. The molecular weight excluding hydrogens is 512 g/mol. The average Bonchev–Trinajstić information content (AvgIpc) is 2.85. The van der Waals surface area contributed by atoms with Crippen molar-refractivity contribution < 1.29 is 24.2 Å². The number of thioether (sulfide) groups is 1. The van der Waals surface area contributed by atoms with E-state index in [9.17, 15) is 19.5 Å². The molecule has 2 N–H and O–H groups in total. The molecule has 39 heavy (non-hydrogen) atoms. The third-order valence-electron chi connectivity index (χ3n) is 7.03. The number of carbonyl (C=O) groups is 3. The highest BCUT2D eigenvalue weighted by Crippen LogP contribution is 2.42. The van der Waals surface area contributed by atoms with E-state index in [1.165, 1.54) is 16.7 Å². The van der Waals surface area contributed by atoms with E-state index in [2.05, 4.69) is 5.32 Å². The summed E-state index contributed by atoms with van der Waals surface area (Å²) in [4.78, 5) is 40.4. The maximum Gasteiger partial charge on any atom is 0.355 e. The van der Waals surface area contributed by atoms with Gasteiger partial charge in [-0.2, -0.15) is 0 Å². The standard InChI is InChI=1S/C31H38N2O5S/c1-18-17-39-28-24(32-23(34)15-19-11-9-8-10-12-19)27(36)33(28)25(18)29(37)38-16-20-13-21(30(2,3)4)26(35)22(14-20)31(5,6)7/h8-14,24,28,35H,15-17H2,1-7H3,(H,32,34)/t24?,28-/m0/s1. The number of amides is 2. The number of nitrogens with one attached hydrogen (secondary N) is 1. The zero-order chi connectivity index (χ0) is 28.7. The molecule has 2 amide bonds. The Balaban J connectivity index is 1.47. The molecule has 0 bridgehead atoms. The zero-order valence-corrected chi connectivity index (χ0v) is 24.6. The quantitative estimate of drug-likeness (QED) is 0.391. The molecule has 0 aliphatic carbocycles. The number of β-lactam (4-membered cyclic amide) rings is 1. The van der Waals surface area contributed by atoms with Crippen molar-refractivity contribution >= 4 is 29.5 Å². The number of fused-ring (bicyclic) bond motifs is 1. The minimum atomic E-state index is -0.678. The third kappa shape index (κ3) is 6.01. The number of aromatic hydroxyl groups is 1. The van der Waals surface area contributed by atoms with Crippen molar-refractivity contribution in [1.82, 2.24) is 10.2 Å². The van der Waals surface area contributed by atoms with Crippen LogP contribution in [0.3, 0.4) is 0 Å². The van der Waals surface area contributed by atoms with Crippen molar-refractivity contribution in [2.45, 2.75) is 83.7 Å². The Kier molecular flexibility index (Phi) is 7.90. The molecule has 208 valence electrons. The van der Waals surface area contributed by atoms with Gasteiger partial charge in [0.1, 0.15) is 29.5 Å². The molecule has 0 saturated carbocycles. The van der Waals surface area contributed by atoms with Gasteiger partial charge in [-0.3, -0.25) is 14.5 Å². The molecule has 2 aromatic carbocycles. The lowest BCUT2D eigenvalue weighted by Crippen LogP contribution is -2.70. The number of esters is 1. The van der Waals surface area contributed by atoms with Gasteiger partial charge < -0.3 is 15.2 Å². The van der Waals surface area contributed by atoms with Crippen LogP contribution in [0.25, 0.3) is 0 Å².